The number of carboxylic acid groups (broad SMARTS) is 1. The Balaban J connectivity index is 2.17. The van der Waals surface area contributed by atoms with E-state index in [9.17, 15) is 9.90 Å². The SMILES string of the molecule is CC1CCC(C)N(c2cc(C(=O)O)nc3ccccc23)C1. The average molecular weight is 284 g/mol. The molecule has 1 aromatic carbocycles. The van der Waals surface area contributed by atoms with Crippen molar-refractivity contribution >= 4 is 22.6 Å². The minimum Gasteiger partial charge on any atom is -0.477 e. The molecule has 4 heteroatoms. The number of pyridine rings is 1. The molecule has 0 bridgehead atoms. The zero-order valence-corrected chi connectivity index (χ0v) is 12.4. The number of carbonyl (C=O) groups is 1. The van der Waals surface area contributed by atoms with Crippen molar-refractivity contribution in [1.29, 1.82) is 0 Å². The summed E-state index contributed by atoms with van der Waals surface area (Å²) in [4.78, 5) is 17.9. The van der Waals surface area contributed by atoms with Crippen molar-refractivity contribution in [1.82, 2.24) is 4.98 Å². The Hall–Kier alpha value is -2.10. The van der Waals surface area contributed by atoms with Crippen molar-refractivity contribution in [3.63, 3.8) is 0 Å². The fraction of sp³-hybridized carbons (Fsp3) is 0.412. The van der Waals surface area contributed by atoms with Gasteiger partial charge in [-0.15, -0.1) is 0 Å². The molecule has 0 amide bonds. The molecule has 4 nitrogen and oxygen atoms in total. The van der Waals surface area contributed by atoms with Crippen molar-refractivity contribution in [2.45, 2.75) is 32.7 Å². The summed E-state index contributed by atoms with van der Waals surface area (Å²) in [6.07, 6.45) is 2.37. The molecule has 1 aromatic heterocycles. The standard InChI is InChI=1S/C17H20N2O2/c1-11-7-8-12(2)19(10-11)16-9-15(17(20)21)18-14-6-4-3-5-13(14)16/h3-6,9,11-12H,7-8,10H2,1-2H3,(H,20,21). The van der Waals surface area contributed by atoms with Gasteiger partial charge in [0.25, 0.3) is 0 Å². The first-order valence-corrected chi connectivity index (χ1v) is 7.46. The van der Waals surface area contributed by atoms with Crippen LogP contribution in [0.3, 0.4) is 0 Å². The van der Waals surface area contributed by atoms with E-state index >= 15 is 0 Å². The molecule has 1 aliphatic heterocycles. The first-order valence-electron chi connectivity index (χ1n) is 7.46. The maximum Gasteiger partial charge on any atom is 0.354 e. The summed E-state index contributed by atoms with van der Waals surface area (Å²) < 4.78 is 0. The van der Waals surface area contributed by atoms with Gasteiger partial charge in [0, 0.05) is 23.7 Å². The molecule has 1 N–H and O–H groups in total. The van der Waals surface area contributed by atoms with E-state index in [0.717, 1.165) is 29.6 Å². The number of carboxylic acids is 1. The zero-order chi connectivity index (χ0) is 15.0. The Morgan fingerprint density at radius 2 is 2.05 bits per heavy atom. The molecule has 1 saturated heterocycles. The summed E-state index contributed by atoms with van der Waals surface area (Å²) in [5.74, 6) is -0.346. The van der Waals surface area contributed by atoms with E-state index in [1.165, 1.54) is 6.42 Å². The van der Waals surface area contributed by atoms with E-state index < -0.39 is 5.97 Å². The molecule has 1 aliphatic rings. The Morgan fingerprint density at radius 3 is 2.81 bits per heavy atom. The summed E-state index contributed by atoms with van der Waals surface area (Å²) >= 11 is 0. The molecule has 110 valence electrons. The van der Waals surface area contributed by atoms with Crippen molar-refractivity contribution in [3.05, 3.63) is 36.0 Å². The minimum atomic E-state index is -0.972. The van der Waals surface area contributed by atoms with Crippen LogP contribution in [0.15, 0.2) is 30.3 Å². The molecule has 2 heterocycles. The van der Waals surface area contributed by atoms with Gasteiger partial charge in [-0.05, 0) is 37.8 Å². The van der Waals surface area contributed by atoms with Gasteiger partial charge in [0.05, 0.1) is 5.52 Å². The number of hydrogen-bond donors (Lipinski definition) is 1. The number of fused-ring (bicyclic) bond motifs is 1. The largest absolute Gasteiger partial charge is 0.477 e. The fourth-order valence-corrected chi connectivity index (χ4v) is 3.13. The van der Waals surface area contributed by atoms with Gasteiger partial charge < -0.3 is 10.0 Å². The Bertz CT molecular complexity index is 684. The highest BCUT2D eigenvalue weighted by Crippen LogP contribution is 2.33. The van der Waals surface area contributed by atoms with Gasteiger partial charge in [0.1, 0.15) is 0 Å². The quantitative estimate of drug-likeness (QED) is 0.916. The van der Waals surface area contributed by atoms with E-state index in [2.05, 4.69) is 23.7 Å². The number of piperidine rings is 1. The normalized spacial score (nSPS) is 22.5. The monoisotopic (exact) mass is 284 g/mol. The predicted octanol–water partition coefficient (Wildman–Crippen LogP) is 3.56. The van der Waals surface area contributed by atoms with Gasteiger partial charge in [-0.25, -0.2) is 9.78 Å². The lowest BCUT2D eigenvalue weighted by atomic mass is 9.94. The van der Waals surface area contributed by atoms with Crippen LogP contribution in [-0.2, 0) is 0 Å². The second-order valence-electron chi connectivity index (χ2n) is 6.03. The summed E-state index contributed by atoms with van der Waals surface area (Å²) in [5.41, 5.74) is 1.86. The summed E-state index contributed by atoms with van der Waals surface area (Å²) in [6.45, 7) is 5.43. The third-order valence-electron chi connectivity index (χ3n) is 4.34. The molecule has 0 saturated carbocycles. The van der Waals surface area contributed by atoms with Gasteiger partial charge in [0.2, 0.25) is 0 Å². The summed E-state index contributed by atoms with van der Waals surface area (Å²) in [7, 11) is 0. The van der Waals surface area contributed by atoms with Crippen LogP contribution in [0.2, 0.25) is 0 Å². The van der Waals surface area contributed by atoms with Crippen LogP contribution in [0.1, 0.15) is 37.2 Å². The summed E-state index contributed by atoms with van der Waals surface area (Å²) in [5, 5.41) is 10.3. The molecule has 0 aliphatic carbocycles. The molecule has 2 unspecified atom stereocenters. The maximum atomic E-state index is 11.3. The molecule has 0 radical (unpaired) electrons. The number of hydrogen-bond acceptors (Lipinski definition) is 3. The zero-order valence-electron chi connectivity index (χ0n) is 12.4. The van der Waals surface area contributed by atoms with Gasteiger partial charge >= 0.3 is 5.97 Å². The van der Waals surface area contributed by atoms with Crippen LogP contribution in [-0.4, -0.2) is 28.6 Å². The number of anilines is 1. The predicted molar refractivity (Wildman–Crippen MR) is 83.9 cm³/mol. The highest BCUT2D eigenvalue weighted by Gasteiger charge is 2.25. The van der Waals surface area contributed by atoms with Crippen LogP contribution >= 0.6 is 0 Å². The molecular formula is C17H20N2O2. The fourth-order valence-electron chi connectivity index (χ4n) is 3.13. The summed E-state index contributed by atoms with van der Waals surface area (Å²) in [6, 6.07) is 9.92. The third-order valence-corrected chi connectivity index (χ3v) is 4.34. The maximum absolute atomic E-state index is 11.3. The van der Waals surface area contributed by atoms with Gasteiger partial charge in [-0.2, -0.15) is 0 Å². The highest BCUT2D eigenvalue weighted by molar-refractivity contribution is 5.97. The van der Waals surface area contributed by atoms with Crippen LogP contribution in [0.25, 0.3) is 10.9 Å². The second-order valence-corrected chi connectivity index (χ2v) is 6.03. The van der Waals surface area contributed by atoms with E-state index in [1.807, 2.05) is 24.3 Å². The molecule has 2 aromatic rings. The van der Waals surface area contributed by atoms with Gasteiger partial charge in [-0.1, -0.05) is 25.1 Å². The average Bonchev–Trinajstić information content (AvgIpc) is 2.48. The lowest BCUT2D eigenvalue weighted by Crippen LogP contribution is -2.41. The van der Waals surface area contributed by atoms with Crippen molar-refractivity contribution in [3.8, 4) is 0 Å². The number of nitrogens with zero attached hydrogens (tertiary/aromatic N) is 2. The Labute approximate surface area is 124 Å². The number of aromatic carboxylic acids is 1. The van der Waals surface area contributed by atoms with Gasteiger partial charge in [0.15, 0.2) is 5.69 Å². The minimum absolute atomic E-state index is 0.120. The number of para-hydroxylation sites is 1. The second kappa shape index (κ2) is 5.35. The number of aromatic nitrogens is 1. The van der Waals surface area contributed by atoms with E-state index in [1.54, 1.807) is 6.07 Å². The molecule has 21 heavy (non-hydrogen) atoms. The molecule has 0 spiro atoms. The molecular weight excluding hydrogens is 264 g/mol. The van der Waals surface area contributed by atoms with Gasteiger partial charge in [-0.3, -0.25) is 0 Å². The molecule has 2 atom stereocenters. The van der Waals surface area contributed by atoms with E-state index in [-0.39, 0.29) is 5.69 Å². The lowest BCUT2D eigenvalue weighted by molar-refractivity contribution is 0.0691. The molecule has 1 fully saturated rings. The highest BCUT2D eigenvalue weighted by atomic mass is 16.4. The van der Waals surface area contributed by atoms with E-state index in [4.69, 9.17) is 0 Å². The van der Waals surface area contributed by atoms with Crippen molar-refractivity contribution in [2.75, 3.05) is 11.4 Å². The smallest absolute Gasteiger partial charge is 0.354 e. The lowest BCUT2D eigenvalue weighted by Gasteiger charge is -2.39. The Morgan fingerprint density at radius 1 is 1.29 bits per heavy atom. The van der Waals surface area contributed by atoms with E-state index in [0.29, 0.717) is 12.0 Å². The molecule has 3 rings (SSSR count). The topological polar surface area (TPSA) is 53.4 Å². The number of benzene rings is 1. The first kappa shape index (κ1) is 13.9. The van der Waals surface area contributed by atoms with Crippen LogP contribution in [0.4, 0.5) is 5.69 Å². The van der Waals surface area contributed by atoms with Crippen LogP contribution in [0, 0.1) is 5.92 Å². The van der Waals surface area contributed by atoms with Crippen molar-refractivity contribution in [2.24, 2.45) is 5.92 Å². The van der Waals surface area contributed by atoms with Crippen LogP contribution < -0.4 is 4.90 Å². The van der Waals surface area contributed by atoms with Crippen molar-refractivity contribution < 1.29 is 9.90 Å². The third kappa shape index (κ3) is 2.58. The first-order chi connectivity index (χ1) is 10.1. The number of rotatable bonds is 2. The Kier molecular flexibility index (Phi) is 3.53. The van der Waals surface area contributed by atoms with Crippen LogP contribution in [0.5, 0.6) is 0 Å².